The molecule has 0 aliphatic heterocycles. The molecule has 0 aliphatic rings. The Kier molecular flexibility index (Phi) is 4.42. The number of aryl methyl sites for hydroxylation is 1. The minimum absolute atomic E-state index is 0.821. The number of fused-ring (bicyclic) bond motifs is 1. The van der Waals surface area contributed by atoms with Crippen molar-refractivity contribution < 1.29 is 4.42 Å². The third-order valence-electron chi connectivity index (χ3n) is 3.68. The van der Waals surface area contributed by atoms with E-state index >= 15 is 0 Å². The van der Waals surface area contributed by atoms with Crippen molar-refractivity contribution in [3.8, 4) is 0 Å². The molecule has 0 unspecified atom stereocenters. The molecule has 0 spiro atoms. The summed E-state index contributed by atoms with van der Waals surface area (Å²) in [5.74, 6) is 1.08. The topological polar surface area (TPSA) is 25.2 Å². The van der Waals surface area contributed by atoms with Gasteiger partial charge in [0.05, 0.1) is 0 Å². The van der Waals surface area contributed by atoms with E-state index < -0.39 is 0 Å². The number of furan rings is 1. The molecular formula is C18H18BrNO. The molecule has 0 atom stereocenters. The summed E-state index contributed by atoms with van der Waals surface area (Å²) < 4.78 is 7.07. The van der Waals surface area contributed by atoms with Crippen LogP contribution in [0.5, 0.6) is 0 Å². The maximum atomic E-state index is 5.93. The number of para-hydroxylation sites is 1. The molecule has 0 saturated carbocycles. The lowest BCUT2D eigenvalue weighted by Gasteiger charge is -2.07. The van der Waals surface area contributed by atoms with E-state index in [2.05, 4.69) is 58.5 Å². The van der Waals surface area contributed by atoms with Gasteiger partial charge in [-0.1, -0.05) is 59.3 Å². The highest BCUT2D eigenvalue weighted by Gasteiger charge is 2.11. The van der Waals surface area contributed by atoms with Gasteiger partial charge in [0.2, 0.25) is 0 Å². The Balaban J connectivity index is 1.77. The van der Waals surface area contributed by atoms with Gasteiger partial charge in [0, 0.05) is 34.9 Å². The predicted octanol–water partition coefficient (Wildman–Crippen LogP) is 5.05. The maximum Gasteiger partial charge on any atom is 0.134 e. The lowest BCUT2D eigenvalue weighted by molar-refractivity contribution is 0.544. The number of hydrogen-bond donors (Lipinski definition) is 1. The summed E-state index contributed by atoms with van der Waals surface area (Å²) in [4.78, 5) is 0. The van der Waals surface area contributed by atoms with Gasteiger partial charge in [0.15, 0.2) is 0 Å². The maximum absolute atomic E-state index is 5.93. The highest BCUT2D eigenvalue weighted by Crippen LogP contribution is 2.26. The van der Waals surface area contributed by atoms with E-state index in [1.165, 1.54) is 16.5 Å². The third kappa shape index (κ3) is 3.04. The molecule has 3 aromatic rings. The van der Waals surface area contributed by atoms with E-state index in [9.17, 15) is 0 Å². The van der Waals surface area contributed by atoms with Crippen molar-refractivity contribution in [2.75, 3.05) is 0 Å². The monoisotopic (exact) mass is 343 g/mol. The fourth-order valence-electron chi connectivity index (χ4n) is 2.59. The summed E-state index contributed by atoms with van der Waals surface area (Å²) >= 11 is 3.58. The Hall–Kier alpha value is -1.58. The first-order chi connectivity index (χ1) is 10.3. The van der Waals surface area contributed by atoms with Crippen LogP contribution in [0.3, 0.4) is 0 Å². The fraction of sp³-hybridized carbons (Fsp3) is 0.222. The lowest BCUT2D eigenvalue weighted by atomic mass is 10.1. The van der Waals surface area contributed by atoms with Crippen LogP contribution < -0.4 is 5.32 Å². The SMILES string of the molecule is CCc1oc2ccccc2c1CNCc1ccccc1Br. The van der Waals surface area contributed by atoms with Crippen LogP contribution in [0.25, 0.3) is 11.0 Å². The van der Waals surface area contributed by atoms with Crippen LogP contribution >= 0.6 is 15.9 Å². The van der Waals surface area contributed by atoms with Gasteiger partial charge in [0.1, 0.15) is 11.3 Å². The third-order valence-corrected chi connectivity index (χ3v) is 4.45. The average Bonchev–Trinajstić information content (AvgIpc) is 2.87. The molecule has 21 heavy (non-hydrogen) atoms. The molecule has 1 aromatic heterocycles. The summed E-state index contributed by atoms with van der Waals surface area (Å²) in [6.07, 6.45) is 0.917. The van der Waals surface area contributed by atoms with Crippen LogP contribution in [0.15, 0.2) is 57.4 Å². The molecule has 1 heterocycles. The van der Waals surface area contributed by atoms with Gasteiger partial charge in [-0.05, 0) is 17.7 Å². The summed E-state index contributed by atoms with van der Waals surface area (Å²) in [6.45, 7) is 3.79. The molecule has 0 radical (unpaired) electrons. The largest absolute Gasteiger partial charge is 0.461 e. The Morgan fingerprint density at radius 2 is 1.76 bits per heavy atom. The van der Waals surface area contributed by atoms with Gasteiger partial charge >= 0.3 is 0 Å². The van der Waals surface area contributed by atoms with Gasteiger partial charge in [0.25, 0.3) is 0 Å². The molecule has 3 rings (SSSR count). The van der Waals surface area contributed by atoms with E-state index in [-0.39, 0.29) is 0 Å². The van der Waals surface area contributed by atoms with Crippen molar-refractivity contribution >= 4 is 26.9 Å². The molecule has 0 aliphatic carbocycles. The first-order valence-corrected chi connectivity index (χ1v) is 8.02. The van der Waals surface area contributed by atoms with Gasteiger partial charge in [-0.25, -0.2) is 0 Å². The molecular weight excluding hydrogens is 326 g/mol. The van der Waals surface area contributed by atoms with Crippen LogP contribution in [0.4, 0.5) is 0 Å². The summed E-state index contributed by atoms with van der Waals surface area (Å²) in [7, 11) is 0. The highest BCUT2D eigenvalue weighted by atomic mass is 79.9. The summed E-state index contributed by atoms with van der Waals surface area (Å²) in [6, 6.07) is 16.5. The van der Waals surface area contributed by atoms with Gasteiger partial charge in [-0.15, -0.1) is 0 Å². The number of rotatable bonds is 5. The van der Waals surface area contributed by atoms with E-state index in [0.29, 0.717) is 0 Å². The second-order valence-corrected chi connectivity index (χ2v) is 5.90. The summed E-state index contributed by atoms with van der Waals surface area (Å²) in [5.41, 5.74) is 3.52. The fourth-order valence-corrected chi connectivity index (χ4v) is 3.02. The molecule has 1 N–H and O–H groups in total. The smallest absolute Gasteiger partial charge is 0.134 e. The van der Waals surface area contributed by atoms with Crippen LogP contribution in [0.1, 0.15) is 23.8 Å². The van der Waals surface area contributed by atoms with Crippen LogP contribution in [0.2, 0.25) is 0 Å². The average molecular weight is 344 g/mol. The zero-order valence-electron chi connectivity index (χ0n) is 12.0. The molecule has 108 valence electrons. The number of benzene rings is 2. The van der Waals surface area contributed by atoms with E-state index in [0.717, 1.165) is 35.3 Å². The summed E-state index contributed by atoms with van der Waals surface area (Å²) in [5, 5.41) is 4.74. The minimum atomic E-state index is 0.821. The number of hydrogen-bond acceptors (Lipinski definition) is 2. The molecule has 2 aromatic carbocycles. The second-order valence-electron chi connectivity index (χ2n) is 5.05. The predicted molar refractivity (Wildman–Crippen MR) is 90.3 cm³/mol. The van der Waals surface area contributed by atoms with Gasteiger partial charge < -0.3 is 9.73 Å². The normalized spacial score (nSPS) is 11.1. The minimum Gasteiger partial charge on any atom is -0.461 e. The highest BCUT2D eigenvalue weighted by molar-refractivity contribution is 9.10. The van der Waals surface area contributed by atoms with Crippen LogP contribution in [-0.2, 0) is 19.5 Å². The van der Waals surface area contributed by atoms with Gasteiger partial charge in [-0.3, -0.25) is 0 Å². The first kappa shape index (κ1) is 14.4. The number of halogens is 1. The van der Waals surface area contributed by atoms with Crippen LogP contribution in [-0.4, -0.2) is 0 Å². The zero-order valence-corrected chi connectivity index (χ0v) is 13.6. The van der Waals surface area contributed by atoms with E-state index in [1.54, 1.807) is 0 Å². The van der Waals surface area contributed by atoms with E-state index in [4.69, 9.17) is 4.42 Å². The Morgan fingerprint density at radius 3 is 2.57 bits per heavy atom. The van der Waals surface area contributed by atoms with Crippen molar-refractivity contribution in [3.63, 3.8) is 0 Å². The van der Waals surface area contributed by atoms with Crippen molar-refractivity contribution in [2.24, 2.45) is 0 Å². The van der Waals surface area contributed by atoms with Crippen molar-refractivity contribution in [1.29, 1.82) is 0 Å². The van der Waals surface area contributed by atoms with Crippen LogP contribution in [0, 0.1) is 0 Å². The lowest BCUT2D eigenvalue weighted by Crippen LogP contribution is -2.13. The molecule has 2 nitrogen and oxygen atoms in total. The van der Waals surface area contributed by atoms with Gasteiger partial charge in [-0.2, -0.15) is 0 Å². The Bertz CT molecular complexity index is 748. The number of nitrogens with one attached hydrogen (secondary N) is 1. The molecule has 0 saturated heterocycles. The second kappa shape index (κ2) is 6.46. The Labute approximate surface area is 133 Å². The van der Waals surface area contributed by atoms with Crippen molar-refractivity contribution in [1.82, 2.24) is 5.32 Å². The van der Waals surface area contributed by atoms with E-state index in [1.807, 2.05) is 18.2 Å². The molecule has 0 fully saturated rings. The zero-order chi connectivity index (χ0) is 14.7. The molecule has 3 heteroatoms. The molecule has 0 amide bonds. The Morgan fingerprint density at radius 1 is 1.00 bits per heavy atom. The van der Waals surface area contributed by atoms with Crippen molar-refractivity contribution in [2.45, 2.75) is 26.4 Å². The van der Waals surface area contributed by atoms with Crippen molar-refractivity contribution in [3.05, 3.63) is 69.9 Å². The molecule has 0 bridgehead atoms. The first-order valence-electron chi connectivity index (χ1n) is 7.23. The quantitative estimate of drug-likeness (QED) is 0.701. The standard InChI is InChI=1S/C18H18BrNO/c1-2-17-15(14-8-4-6-10-18(14)21-17)12-20-11-13-7-3-5-9-16(13)19/h3-10,20H,2,11-12H2,1H3.